The van der Waals surface area contributed by atoms with Crippen molar-refractivity contribution in [2.24, 2.45) is 5.73 Å². The Hall–Kier alpha value is -1.30. The number of halogens is 2. The Morgan fingerprint density at radius 2 is 1.89 bits per heavy atom. The van der Waals surface area contributed by atoms with E-state index in [0.717, 1.165) is 0 Å². The normalized spacial score (nSPS) is 8.78. The summed E-state index contributed by atoms with van der Waals surface area (Å²) in [5.74, 6) is -0.674. The summed E-state index contributed by atoms with van der Waals surface area (Å²) in [4.78, 5) is 22.9. The molecule has 1 aromatic rings. The van der Waals surface area contributed by atoms with E-state index in [1.165, 1.54) is 25.3 Å². The summed E-state index contributed by atoms with van der Waals surface area (Å²) in [6, 6.07) is 4.45. The van der Waals surface area contributed by atoms with E-state index in [2.05, 4.69) is 4.74 Å². The highest BCUT2D eigenvalue weighted by molar-refractivity contribution is 6.03. The van der Waals surface area contributed by atoms with Crippen molar-refractivity contribution in [2.75, 3.05) is 19.4 Å². The van der Waals surface area contributed by atoms with Crippen LogP contribution in [0.3, 0.4) is 0 Å². The largest absolute Gasteiger partial charge is 0.465 e. The number of anilines is 1. The highest BCUT2D eigenvalue weighted by Crippen LogP contribution is 2.16. The van der Waals surface area contributed by atoms with E-state index in [9.17, 15) is 9.59 Å². The molecular formula is C11H16Cl2N2O3. The molecule has 0 atom stereocenters. The van der Waals surface area contributed by atoms with Crippen LogP contribution in [0.15, 0.2) is 18.2 Å². The van der Waals surface area contributed by atoms with E-state index in [-0.39, 0.29) is 43.6 Å². The SMILES string of the molecule is COC(=O)c1ccc(N)c(C(=O)CCN)c1.Cl.Cl. The molecule has 0 aromatic heterocycles. The van der Waals surface area contributed by atoms with E-state index < -0.39 is 5.97 Å². The Morgan fingerprint density at radius 3 is 2.39 bits per heavy atom. The fourth-order valence-electron chi connectivity index (χ4n) is 1.31. The third-order valence-electron chi connectivity index (χ3n) is 2.15. The molecule has 0 saturated carbocycles. The number of hydrogen-bond donors (Lipinski definition) is 2. The quantitative estimate of drug-likeness (QED) is 0.497. The molecule has 0 heterocycles. The number of carbonyl (C=O) groups excluding carboxylic acids is 2. The van der Waals surface area contributed by atoms with Crippen molar-refractivity contribution in [3.8, 4) is 0 Å². The second-order valence-electron chi connectivity index (χ2n) is 3.26. The summed E-state index contributed by atoms with van der Waals surface area (Å²) in [5, 5.41) is 0. The molecule has 102 valence electrons. The molecule has 0 amide bonds. The average molecular weight is 295 g/mol. The van der Waals surface area contributed by atoms with Crippen molar-refractivity contribution in [3.05, 3.63) is 29.3 Å². The predicted octanol–water partition coefficient (Wildman–Crippen LogP) is 1.43. The van der Waals surface area contributed by atoms with Crippen LogP contribution in [0.4, 0.5) is 5.69 Å². The zero-order chi connectivity index (χ0) is 12.1. The molecular weight excluding hydrogens is 279 g/mol. The number of Topliss-reactive ketones (excluding diaryl/α,β-unsaturated/α-hetero) is 1. The molecule has 0 radical (unpaired) electrons. The van der Waals surface area contributed by atoms with Crippen LogP contribution < -0.4 is 11.5 Å². The molecule has 18 heavy (non-hydrogen) atoms. The van der Waals surface area contributed by atoms with Crippen LogP contribution in [0, 0.1) is 0 Å². The second-order valence-corrected chi connectivity index (χ2v) is 3.26. The Balaban J connectivity index is 0. The number of hydrogen-bond acceptors (Lipinski definition) is 5. The molecule has 0 aliphatic carbocycles. The molecule has 0 aliphatic rings. The molecule has 0 bridgehead atoms. The summed E-state index contributed by atoms with van der Waals surface area (Å²) in [6.45, 7) is 0.251. The first-order valence-electron chi connectivity index (χ1n) is 4.81. The van der Waals surface area contributed by atoms with Crippen LogP contribution in [0.1, 0.15) is 27.1 Å². The van der Waals surface area contributed by atoms with Gasteiger partial charge >= 0.3 is 5.97 Å². The minimum absolute atomic E-state index is 0. The molecule has 4 N–H and O–H groups in total. The maximum Gasteiger partial charge on any atom is 0.337 e. The number of methoxy groups -OCH3 is 1. The van der Waals surface area contributed by atoms with Gasteiger partial charge in [0, 0.05) is 17.7 Å². The van der Waals surface area contributed by atoms with Crippen molar-refractivity contribution < 1.29 is 14.3 Å². The molecule has 7 heteroatoms. The van der Waals surface area contributed by atoms with E-state index >= 15 is 0 Å². The van der Waals surface area contributed by atoms with Crippen LogP contribution >= 0.6 is 24.8 Å². The average Bonchev–Trinajstić information content (AvgIpc) is 2.29. The van der Waals surface area contributed by atoms with Gasteiger partial charge < -0.3 is 16.2 Å². The Morgan fingerprint density at radius 1 is 1.28 bits per heavy atom. The molecule has 0 aliphatic heterocycles. The van der Waals surface area contributed by atoms with Crippen LogP contribution in [-0.4, -0.2) is 25.4 Å². The second kappa shape index (κ2) is 8.74. The zero-order valence-electron chi connectivity index (χ0n) is 9.84. The Labute approximate surface area is 118 Å². The van der Waals surface area contributed by atoms with E-state index in [4.69, 9.17) is 11.5 Å². The van der Waals surface area contributed by atoms with Crippen molar-refractivity contribution in [2.45, 2.75) is 6.42 Å². The fraction of sp³-hybridized carbons (Fsp3) is 0.273. The van der Waals surface area contributed by atoms with Crippen LogP contribution in [0.5, 0.6) is 0 Å². The van der Waals surface area contributed by atoms with Crippen molar-refractivity contribution >= 4 is 42.3 Å². The van der Waals surface area contributed by atoms with Gasteiger partial charge in [-0.15, -0.1) is 24.8 Å². The third kappa shape index (κ3) is 4.52. The van der Waals surface area contributed by atoms with Gasteiger partial charge in [0.25, 0.3) is 0 Å². The standard InChI is InChI=1S/C11H14N2O3.2ClH/c1-16-11(15)7-2-3-9(13)8(6-7)10(14)4-5-12;;/h2-3,6H,4-5,12-13H2,1H3;2*1H. The van der Waals surface area contributed by atoms with E-state index in [1.807, 2.05) is 0 Å². The number of nitrogens with two attached hydrogens (primary N) is 2. The number of carbonyl (C=O) groups is 2. The van der Waals surface area contributed by atoms with E-state index in [0.29, 0.717) is 16.8 Å². The molecule has 0 spiro atoms. The van der Waals surface area contributed by atoms with Gasteiger partial charge in [0.15, 0.2) is 5.78 Å². The van der Waals surface area contributed by atoms with Crippen LogP contribution in [0.2, 0.25) is 0 Å². The van der Waals surface area contributed by atoms with Crippen LogP contribution in [0.25, 0.3) is 0 Å². The minimum Gasteiger partial charge on any atom is -0.465 e. The Kier molecular flexibility index (Phi) is 9.25. The molecule has 0 fully saturated rings. The highest BCUT2D eigenvalue weighted by Gasteiger charge is 2.13. The lowest BCUT2D eigenvalue weighted by atomic mass is 10.0. The number of benzene rings is 1. The lowest BCUT2D eigenvalue weighted by Gasteiger charge is -2.06. The van der Waals surface area contributed by atoms with Gasteiger partial charge in [-0.25, -0.2) is 4.79 Å². The lowest BCUT2D eigenvalue weighted by Crippen LogP contribution is -2.12. The number of esters is 1. The highest BCUT2D eigenvalue weighted by atomic mass is 35.5. The summed E-state index contributed by atoms with van der Waals surface area (Å²) in [7, 11) is 1.28. The Bertz CT molecular complexity index is 425. The van der Waals surface area contributed by atoms with Crippen molar-refractivity contribution in [1.29, 1.82) is 0 Å². The minimum atomic E-state index is -0.498. The number of rotatable bonds is 4. The zero-order valence-corrected chi connectivity index (χ0v) is 11.5. The number of ether oxygens (including phenoxy) is 1. The smallest absolute Gasteiger partial charge is 0.337 e. The van der Waals surface area contributed by atoms with Gasteiger partial charge in [0.1, 0.15) is 0 Å². The van der Waals surface area contributed by atoms with Crippen LogP contribution in [-0.2, 0) is 4.74 Å². The first kappa shape index (κ1) is 19.0. The number of ketones is 1. The summed E-state index contributed by atoms with van der Waals surface area (Å²) in [5.41, 5.74) is 11.9. The third-order valence-corrected chi connectivity index (χ3v) is 2.15. The summed E-state index contributed by atoms with van der Waals surface area (Å²) >= 11 is 0. The van der Waals surface area contributed by atoms with Gasteiger partial charge in [0.05, 0.1) is 12.7 Å². The fourth-order valence-corrected chi connectivity index (χ4v) is 1.31. The first-order valence-corrected chi connectivity index (χ1v) is 4.81. The molecule has 5 nitrogen and oxygen atoms in total. The maximum atomic E-state index is 11.6. The summed E-state index contributed by atoms with van der Waals surface area (Å²) < 4.78 is 4.56. The van der Waals surface area contributed by atoms with Gasteiger partial charge in [-0.2, -0.15) is 0 Å². The molecule has 0 unspecified atom stereocenters. The van der Waals surface area contributed by atoms with Gasteiger partial charge in [-0.1, -0.05) is 0 Å². The topological polar surface area (TPSA) is 95.4 Å². The van der Waals surface area contributed by atoms with Crippen molar-refractivity contribution in [3.63, 3.8) is 0 Å². The molecule has 1 rings (SSSR count). The van der Waals surface area contributed by atoms with Gasteiger partial charge in [0.2, 0.25) is 0 Å². The van der Waals surface area contributed by atoms with Gasteiger partial charge in [-0.3, -0.25) is 4.79 Å². The first-order chi connectivity index (χ1) is 7.60. The number of nitrogen functional groups attached to an aromatic ring is 1. The summed E-state index contributed by atoms with van der Waals surface area (Å²) in [6.07, 6.45) is 0.203. The maximum absolute atomic E-state index is 11.6. The lowest BCUT2D eigenvalue weighted by molar-refractivity contribution is 0.0601. The molecule has 1 aromatic carbocycles. The van der Waals surface area contributed by atoms with Gasteiger partial charge in [-0.05, 0) is 24.7 Å². The predicted molar refractivity (Wildman–Crippen MR) is 74.7 cm³/mol. The monoisotopic (exact) mass is 294 g/mol. The van der Waals surface area contributed by atoms with E-state index in [1.54, 1.807) is 0 Å². The molecule has 0 saturated heterocycles. The van der Waals surface area contributed by atoms with Crippen molar-refractivity contribution in [1.82, 2.24) is 0 Å².